The number of halogens is 2. The number of rotatable bonds is 2. The van der Waals surface area contributed by atoms with Crippen LogP contribution in [0.5, 0.6) is 0 Å². The molecular weight excluding hydrogens is 447 g/mol. The molecule has 7 heteroatoms. The zero-order chi connectivity index (χ0) is 22.4. The second-order valence-electron chi connectivity index (χ2n) is 8.61. The molecular formula is C25H22ClFN2O2S. The molecule has 0 fully saturated rings. The average Bonchev–Trinajstić information content (AvgIpc) is 2.93. The molecule has 0 saturated carbocycles. The number of Topliss-reactive ketones (excluding diaryl/α,β-unsaturated/α-hetero) is 1. The highest BCUT2D eigenvalue weighted by Crippen LogP contribution is 2.49. The van der Waals surface area contributed by atoms with Gasteiger partial charge in [-0.15, -0.1) is 11.3 Å². The first-order chi connectivity index (χ1) is 15.5. The number of carbonyl (C=O) groups excluding carboxylic acids is 2. The summed E-state index contributed by atoms with van der Waals surface area (Å²) < 4.78 is 14.8. The normalized spacial score (nSPS) is 21.2. The van der Waals surface area contributed by atoms with Gasteiger partial charge in [0.2, 0.25) is 5.91 Å². The number of hydrogen-bond acceptors (Lipinski definition) is 4. The fraction of sp³-hybridized carbons (Fsp3) is 0.400. The Balaban J connectivity index is 1.69. The van der Waals surface area contributed by atoms with Crippen LogP contribution in [0, 0.1) is 17.1 Å². The molecule has 3 aliphatic rings. The summed E-state index contributed by atoms with van der Waals surface area (Å²) >= 11 is 7.84. The summed E-state index contributed by atoms with van der Waals surface area (Å²) in [4.78, 5) is 29.4. The lowest BCUT2D eigenvalue weighted by Crippen LogP contribution is -2.40. The summed E-state index contributed by atoms with van der Waals surface area (Å²) in [7, 11) is 0. The van der Waals surface area contributed by atoms with Gasteiger partial charge in [0.1, 0.15) is 16.9 Å². The third-order valence-corrected chi connectivity index (χ3v) is 8.35. The Hall–Kier alpha value is -2.49. The van der Waals surface area contributed by atoms with Crippen LogP contribution < -0.4 is 4.90 Å². The Kier molecular flexibility index (Phi) is 5.65. The van der Waals surface area contributed by atoms with Crippen molar-refractivity contribution >= 4 is 39.6 Å². The topological polar surface area (TPSA) is 61.2 Å². The average molecular weight is 469 g/mol. The van der Waals surface area contributed by atoms with E-state index < -0.39 is 11.7 Å². The maximum Gasteiger partial charge on any atom is 0.232 e. The highest BCUT2D eigenvalue weighted by molar-refractivity contribution is 7.16. The summed E-state index contributed by atoms with van der Waals surface area (Å²) in [5.74, 6) is -1.48. The van der Waals surface area contributed by atoms with Crippen LogP contribution in [0.2, 0.25) is 5.02 Å². The maximum absolute atomic E-state index is 14.8. The molecule has 4 nitrogen and oxygen atoms in total. The van der Waals surface area contributed by atoms with E-state index in [2.05, 4.69) is 6.07 Å². The third-order valence-electron chi connectivity index (χ3n) is 6.74. The second kappa shape index (κ2) is 8.46. The van der Waals surface area contributed by atoms with E-state index in [1.807, 2.05) is 0 Å². The molecule has 164 valence electrons. The Morgan fingerprint density at radius 3 is 2.69 bits per heavy atom. The third kappa shape index (κ3) is 3.39. The van der Waals surface area contributed by atoms with Crippen molar-refractivity contribution in [3.05, 3.63) is 61.9 Å². The Labute approximate surface area is 195 Å². The summed E-state index contributed by atoms with van der Waals surface area (Å²) in [5.41, 5.74) is 2.94. The predicted molar refractivity (Wildman–Crippen MR) is 122 cm³/mol. The van der Waals surface area contributed by atoms with Gasteiger partial charge in [0.15, 0.2) is 5.78 Å². The van der Waals surface area contributed by atoms with Gasteiger partial charge in [-0.25, -0.2) is 4.39 Å². The zero-order valence-electron chi connectivity index (χ0n) is 17.5. The minimum absolute atomic E-state index is 0.0430. The molecule has 1 aromatic carbocycles. The second-order valence-corrected chi connectivity index (χ2v) is 10.1. The van der Waals surface area contributed by atoms with Crippen LogP contribution in [0.25, 0.3) is 0 Å². The lowest BCUT2D eigenvalue weighted by molar-refractivity contribution is -0.119. The van der Waals surface area contributed by atoms with Gasteiger partial charge in [-0.2, -0.15) is 5.26 Å². The number of fused-ring (bicyclic) bond motifs is 1. The molecule has 2 aromatic rings. The quantitative estimate of drug-likeness (QED) is 0.492. The van der Waals surface area contributed by atoms with E-state index in [1.54, 1.807) is 11.0 Å². The smallest absolute Gasteiger partial charge is 0.232 e. The standard InChI is InChI=1S/C25H22ClFN2O2S/c26-17-7-4-8-18(27)23(17)15-12-22(31)29(19-9-5-10-20(30)24(15)19)25-16(13-28)14-6-2-1-3-11-21(14)32-25/h4,7-8,15H,1-3,5-6,9-12H2/t15-/m1/s1. The first-order valence-electron chi connectivity index (χ1n) is 11.1. The lowest BCUT2D eigenvalue weighted by Gasteiger charge is -2.38. The number of allylic oxidation sites excluding steroid dienone is 2. The predicted octanol–water partition coefficient (Wildman–Crippen LogP) is 6.21. The Morgan fingerprint density at radius 2 is 1.91 bits per heavy atom. The van der Waals surface area contributed by atoms with Crippen molar-refractivity contribution in [1.82, 2.24) is 0 Å². The van der Waals surface area contributed by atoms with Crippen LogP contribution in [-0.2, 0) is 22.4 Å². The van der Waals surface area contributed by atoms with E-state index in [1.165, 1.54) is 28.3 Å². The number of hydrogen-bond donors (Lipinski definition) is 0. The summed E-state index contributed by atoms with van der Waals surface area (Å²) in [6.45, 7) is 0. The molecule has 2 aliphatic carbocycles. The molecule has 32 heavy (non-hydrogen) atoms. The van der Waals surface area contributed by atoms with Crippen molar-refractivity contribution in [2.45, 2.75) is 63.7 Å². The van der Waals surface area contributed by atoms with Crippen LogP contribution in [0.15, 0.2) is 29.5 Å². The van der Waals surface area contributed by atoms with Crippen molar-refractivity contribution in [3.8, 4) is 6.07 Å². The molecule has 0 bridgehead atoms. The molecule has 0 radical (unpaired) electrons. The molecule has 2 heterocycles. The number of anilines is 1. The number of aryl methyl sites for hydroxylation is 1. The van der Waals surface area contributed by atoms with Crippen LogP contribution in [0.1, 0.15) is 72.4 Å². The first-order valence-corrected chi connectivity index (χ1v) is 12.3. The molecule has 1 atom stereocenters. The molecule has 1 aromatic heterocycles. The van der Waals surface area contributed by atoms with Gasteiger partial charge in [-0.3, -0.25) is 14.5 Å². The van der Waals surface area contributed by atoms with Crippen molar-refractivity contribution in [2.75, 3.05) is 4.90 Å². The molecule has 0 N–H and O–H groups in total. The van der Waals surface area contributed by atoms with Crippen molar-refractivity contribution in [1.29, 1.82) is 5.26 Å². The lowest BCUT2D eigenvalue weighted by atomic mass is 9.77. The molecule has 1 aliphatic heterocycles. The van der Waals surface area contributed by atoms with Crippen molar-refractivity contribution in [2.24, 2.45) is 0 Å². The van der Waals surface area contributed by atoms with Gasteiger partial charge >= 0.3 is 0 Å². The first kappa shape index (κ1) is 21.4. The van der Waals surface area contributed by atoms with Gasteiger partial charge in [-0.1, -0.05) is 24.1 Å². The van der Waals surface area contributed by atoms with Gasteiger partial charge in [0.25, 0.3) is 0 Å². The van der Waals surface area contributed by atoms with Crippen LogP contribution in [0.4, 0.5) is 9.39 Å². The van der Waals surface area contributed by atoms with Crippen molar-refractivity contribution in [3.63, 3.8) is 0 Å². The van der Waals surface area contributed by atoms with Crippen molar-refractivity contribution < 1.29 is 14.0 Å². The van der Waals surface area contributed by atoms with Gasteiger partial charge in [0, 0.05) is 45.5 Å². The van der Waals surface area contributed by atoms with E-state index >= 15 is 0 Å². The summed E-state index contributed by atoms with van der Waals surface area (Å²) in [6.07, 6.45) is 6.50. The van der Waals surface area contributed by atoms with Crippen LogP contribution >= 0.6 is 22.9 Å². The SMILES string of the molecule is N#Cc1c(N2C(=O)C[C@H](c3c(F)cccc3Cl)C3=C2CCCC3=O)sc2c1CCCCC2. The van der Waals surface area contributed by atoms with E-state index in [4.69, 9.17) is 11.6 Å². The van der Waals surface area contributed by atoms with Gasteiger partial charge in [0.05, 0.1) is 5.56 Å². The fourth-order valence-electron chi connectivity index (χ4n) is 5.32. The molecule has 1 amide bonds. The number of thiophene rings is 1. The van der Waals surface area contributed by atoms with Gasteiger partial charge in [-0.05, 0) is 56.2 Å². The minimum atomic E-state index is -0.696. The molecule has 0 spiro atoms. The van der Waals surface area contributed by atoms with Gasteiger partial charge < -0.3 is 0 Å². The highest BCUT2D eigenvalue weighted by atomic mass is 35.5. The van der Waals surface area contributed by atoms with E-state index in [9.17, 15) is 19.2 Å². The fourth-order valence-corrected chi connectivity index (χ4v) is 7.00. The number of nitriles is 1. The Morgan fingerprint density at radius 1 is 1.09 bits per heavy atom. The Bertz CT molecular complexity index is 1190. The monoisotopic (exact) mass is 468 g/mol. The molecule has 0 saturated heterocycles. The number of amides is 1. The largest absolute Gasteiger partial charge is 0.294 e. The molecule has 5 rings (SSSR count). The number of ketones is 1. The minimum Gasteiger partial charge on any atom is -0.294 e. The van der Waals surface area contributed by atoms with Crippen LogP contribution in [-0.4, -0.2) is 11.7 Å². The maximum atomic E-state index is 14.8. The van der Waals surface area contributed by atoms with E-state index in [-0.39, 0.29) is 28.7 Å². The number of nitrogens with zero attached hydrogens (tertiary/aromatic N) is 2. The molecule has 0 unspecified atom stereocenters. The highest BCUT2D eigenvalue weighted by Gasteiger charge is 2.42. The number of carbonyl (C=O) groups is 2. The number of benzene rings is 1. The van der Waals surface area contributed by atoms with Crippen LogP contribution in [0.3, 0.4) is 0 Å². The van der Waals surface area contributed by atoms with E-state index in [0.717, 1.165) is 37.7 Å². The zero-order valence-corrected chi connectivity index (χ0v) is 19.1. The van der Waals surface area contributed by atoms with E-state index in [0.29, 0.717) is 41.1 Å². The summed E-state index contributed by atoms with van der Waals surface area (Å²) in [5, 5.41) is 10.8. The summed E-state index contributed by atoms with van der Waals surface area (Å²) in [6, 6.07) is 6.77.